The fraction of sp³-hybridized carbons (Fsp3) is 0.120. The molecule has 1 aliphatic carbocycles. The van der Waals surface area contributed by atoms with Gasteiger partial charge in [0.15, 0.2) is 11.6 Å². The monoisotopic (exact) mass is 414 g/mol. The molecule has 0 saturated heterocycles. The van der Waals surface area contributed by atoms with E-state index < -0.39 is 0 Å². The summed E-state index contributed by atoms with van der Waals surface area (Å²) in [6, 6.07) is 16.1. The van der Waals surface area contributed by atoms with Gasteiger partial charge in [-0.3, -0.25) is 9.59 Å². The topological polar surface area (TPSA) is 90.7 Å². The number of fused-ring (bicyclic) bond motifs is 2. The van der Waals surface area contributed by atoms with Gasteiger partial charge in [0.2, 0.25) is 0 Å². The van der Waals surface area contributed by atoms with Gasteiger partial charge in [-0.1, -0.05) is 42.5 Å². The van der Waals surface area contributed by atoms with Crippen LogP contribution in [0.4, 0.5) is 17.1 Å². The molecule has 6 nitrogen and oxygen atoms in total. The van der Waals surface area contributed by atoms with Gasteiger partial charge in [-0.2, -0.15) is 0 Å². The number of rotatable bonds is 7. The fourth-order valence-electron chi connectivity index (χ4n) is 3.60. The van der Waals surface area contributed by atoms with Crippen molar-refractivity contribution in [3.8, 4) is 0 Å². The van der Waals surface area contributed by atoms with E-state index in [1.54, 1.807) is 36.4 Å². The van der Waals surface area contributed by atoms with E-state index in [1.165, 1.54) is 0 Å². The molecular weight excluding hydrogens is 392 g/mol. The molecule has 0 saturated carbocycles. The first kappa shape index (κ1) is 20.5. The average Bonchev–Trinajstić information content (AvgIpc) is 2.78. The molecule has 6 heteroatoms. The molecule has 0 heterocycles. The van der Waals surface area contributed by atoms with Crippen molar-refractivity contribution in [2.75, 3.05) is 17.7 Å². The minimum Gasteiger partial charge on any atom is -0.398 e. The molecule has 3 N–H and O–H groups in total. The first-order valence-corrected chi connectivity index (χ1v) is 9.84. The number of carbonyl (C=O) groups excluding carboxylic acids is 2. The molecule has 1 aliphatic rings. The summed E-state index contributed by atoms with van der Waals surface area (Å²) in [6.45, 7) is 5.99. The number of carbonyl (C=O) groups is 2. The van der Waals surface area contributed by atoms with E-state index in [1.807, 2.05) is 31.2 Å². The van der Waals surface area contributed by atoms with E-state index in [0.29, 0.717) is 41.3 Å². The van der Waals surface area contributed by atoms with Crippen molar-refractivity contribution in [3.63, 3.8) is 0 Å². The number of benzene rings is 3. The third kappa shape index (κ3) is 3.86. The molecule has 4 rings (SSSR count). The van der Waals surface area contributed by atoms with Crippen LogP contribution in [0.15, 0.2) is 67.3 Å². The number of nitrogen functional groups attached to an aromatic ring is 1. The van der Waals surface area contributed by atoms with Crippen LogP contribution in [0.1, 0.15) is 43.0 Å². The predicted octanol–water partition coefficient (Wildman–Crippen LogP) is 4.73. The summed E-state index contributed by atoms with van der Waals surface area (Å²) in [6.07, 6.45) is 1.60. The van der Waals surface area contributed by atoms with E-state index in [0.717, 1.165) is 16.8 Å². The Hall–Kier alpha value is -3.74. The van der Waals surface area contributed by atoms with Gasteiger partial charge in [-0.15, -0.1) is 6.58 Å². The number of anilines is 3. The predicted molar refractivity (Wildman–Crippen MR) is 120 cm³/mol. The number of nitrogens with two attached hydrogens (primary N) is 1. The lowest BCUT2D eigenvalue weighted by atomic mass is 9.81. The van der Waals surface area contributed by atoms with E-state index in [4.69, 9.17) is 15.5 Å². The Labute approximate surface area is 180 Å². The van der Waals surface area contributed by atoms with E-state index >= 15 is 0 Å². The number of nitrogens with one attached hydrogen (secondary N) is 1. The van der Waals surface area contributed by atoms with E-state index in [-0.39, 0.29) is 17.1 Å². The Bertz CT molecular complexity index is 1180. The zero-order valence-corrected chi connectivity index (χ0v) is 17.1. The molecule has 0 bridgehead atoms. The molecule has 3 aromatic rings. The van der Waals surface area contributed by atoms with Gasteiger partial charge in [-0.25, -0.2) is 9.78 Å². The summed E-state index contributed by atoms with van der Waals surface area (Å²) in [7, 11) is 0. The van der Waals surface area contributed by atoms with Crippen LogP contribution in [-0.2, 0) is 16.4 Å². The fourth-order valence-corrected chi connectivity index (χ4v) is 3.60. The molecule has 31 heavy (non-hydrogen) atoms. The largest absolute Gasteiger partial charge is 0.398 e. The lowest BCUT2D eigenvalue weighted by Gasteiger charge is -2.23. The summed E-state index contributed by atoms with van der Waals surface area (Å²) >= 11 is 0. The second kappa shape index (κ2) is 8.55. The van der Waals surface area contributed by atoms with Gasteiger partial charge in [0.1, 0.15) is 13.2 Å². The highest BCUT2D eigenvalue weighted by Crippen LogP contribution is 2.38. The summed E-state index contributed by atoms with van der Waals surface area (Å²) < 4.78 is 0. The molecule has 0 atom stereocenters. The SMILES string of the molecule is C=CCOOCc1ccc(Nc2cc(C)c(N)c3c2C(=O)c2ccccc2C3=O)cc1. The minimum absolute atomic E-state index is 0.219. The maximum atomic E-state index is 13.3. The van der Waals surface area contributed by atoms with Crippen LogP contribution < -0.4 is 11.1 Å². The van der Waals surface area contributed by atoms with Crippen LogP contribution in [0.3, 0.4) is 0 Å². The van der Waals surface area contributed by atoms with E-state index in [2.05, 4.69) is 11.9 Å². The van der Waals surface area contributed by atoms with Gasteiger partial charge in [0.25, 0.3) is 0 Å². The summed E-state index contributed by atoms with van der Waals surface area (Å²) in [5.74, 6) is -0.453. The Balaban J connectivity index is 1.66. The summed E-state index contributed by atoms with van der Waals surface area (Å²) in [4.78, 5) is 36.4. The van der Waals surface area contributed by atoms with Gasteiger partial charge in [0.05, 0.1) is 16.8 Å². The van der Waals surface area contributed by atoms with Crippen molar-refractivity contribution < 1.29 is 19.4 Å². The summed E-state index contributed by atoms with van der Waals surface area (Å²) in [5.41, 5.74) is 10.9. The van der Waals surface area contributed by atoms with Gasteiger partial charge in [-0.05, 0) is 36.2 Å². The highest BCUT2D eigenvalue weighted by atomic mass is 17.2. The van der Waals surface area contributed by atoms with Crippen LogP contribution >= 0.6 is 0 Å². The Morgan fingerprint density at radius 1 is 0.968 bits per heavy atom. The second-order valence-electron chi connectivity index (χ2n) is 7.27. The highest BCUT2D eigenvalue weighted by molar-refractivity contribution is 6.32. The van der Waals surface area contributed by atoms with Gasteiger partial charge >= 0.3 is 0 Å². The lowest BCUT2D eigenvalue weighted by molar-refractivity contribution is -0.295. The van der Waals surface area contributed by atoms with Crippen LogP contribution in [0.2, 0.25) is 0 Å². The molecule has 0 fully saturated rings. The van der Waals surface area contributed by atoms with Crippen LogP contribution in [0.25, 0.3) is 0 Å². The number of hydrogen-bond acceptors (Lipinski definition) is 6. The molecule has 0 radical (unpaired) electrons. The first-order valence-electron chi connectivity index (χ1n) is 9.84. The average molecular weight is 414 g/mol. The van der Waals surface area contributed by atoms with Crippen molar-refractivity contribution >= 4 is 28.6 Å². The first-order chi connectivity index (χ1) is 15.0. The van der Waals surface area contributed by atoms with Crippen LogP contribution in [0, 0.1) is 6.92 Å². The normalized spacial score (nSPS) is 12.3. The molecule has 3 aromatic carbocycles. The maximum Gasteiger partial charge on any atom is 0.196 e. The Morgan fingerprint density at radius 2 is 1.61 bits per heavy atom. The number of hydrogen-bond donors (Lipinski definition) is 2. The molecule has 0 aromatic heterocycles. The molecule has 0 aliphatic heterocycles. The van der Waals surface area contributed by atoms with Crippen molar-refractivity contribution in [1.29, 1.82) is 0 Å². The zero-order valence-electron chi connectivity index (χ0n) is 17.1. The van der Waals surface area contributed by atoms with Crippen LogP contribution in [0.5, 0.6) is 0 Å². The third-order valence-corrected chi connectivity index (χ3v) is 5.17. The molecule has 0 amide bonds. The Kier molecular flexibility index (Phi) is 5.66. The van der Waals surface area contributed by atoms with Crippen molar-refractivity contribution in [1.82, 2.24) is 0 Å². The summed E-state index contributed by atoms with van der Waals surface area (Å²) in [5, 5.41) is 3.27. The molecule has 156 valence electrons. The molecule has 0 spiro atoms. The van der Waals surface area contributed by atoms with Gasteiger partial charge < -0.3 is 11.1 Å². The molecule has 0 unspecified atom stereocenters. The van der Waals surface area contributed by atoms with Crippen LogP contribution in [-0.4, -0.2) is 18.2 Å². The smallest absolute Gasteiger partial charge is 0.196 e. The van der Waals surface area contributed by atoms with Gasteiger partial charge in [0, 0.05) is 22.5 Å². The minimum atomic E-state index is -0.235. The third-order valence-electron chi connectivity index (χ3n) is 5.17. The highest BCUT2D eigenvalue weighted by Gasteiger charge is 2.34. The van der Waals surface area contributed by atoms with E-state index in [9.17, 15) is 9.59 Å². The maximum absolute atomic E-state index is 13.3. The van der Waals surface area contributed by atoms with Crippen molar-refractivity contribution in [3.05, 3.63) is 101 Å². The molecular formula is C25H22N2O4. The number of aryl methyl sites for hydroxylation is 1. The van der Waals surface area contributed by atoms with Crippen molar-refractivity contribution in [2.45, 2.75) is 13.5 Å². The number of ketones is 2. The lowest BCUT2D eigenvalue weighted by Crippen LogP contribution is -2.24. The Morgan fingerprint density at radius 3 is 2.26 bits per heavy atom. The standard InChI is InChI=1S/C25H22N2O4/c1-3-12-30-31-14-16-8-10-17(11-9-16)27-20-13-15(2)23(26)22-21(20)24(28)18-6-4-5-7-19(18)25(22)29/h3-11,13,27H,1,12,14,26H2,2H3. The van der Waals surface area contributed by atoms with Crippen molar-refractivity contribution in [2.24, 2.45) is 0 Å². The zero-order chi connectivity index (χ0) is 22.0. The second-order valence-corrected chi connectivity index (χ2v) is 7.27. The quantitative estimate of drug-likeness (QED) is 0.149.